The number of hydrogen-bond donors (Lipinski definition) is 2. The van der Waals surface area contributed by atoms with Crippen molar-refractivity contribution in [2.24, 2.45) is 5.10 Å². The number of rotatable bonds is 5. The Labute approximate surface area is 157 Å². The maximum absolute atomic E-state index is 11.9. The van der Waals surface area contributed by atoms with Gasteiger partial charge >= 0.3 is 0 Å². The fourth-order valence-electron chi connectivity index (χ4n) is 1.54. The minimum Gasteiger partial charge on any atom is -0.447 e. The SMILES string of the molecule is O=C(CNC(=O)c1ccccc1Br)NN=Cc1cc(Br)c(Br)o1. The number of nitrogens with one attached hydrogen (secondary N) is 2. The number of carbonyl (C=O) groups is 2. The Bertz CT molecular complexity index is 739. The molecule has 6 nitrogen and oxygen atoms in total. The van der Waals surface area contributed by atoms with Crippen molar-refractivity contribution in [1.29, 1.82) is 0 Å². The first-order valence-electron chi connectivity index (χ1n) is 6.27. The summed E-state index contributed by atoms with van der Waals surface area (Å²) >= 11 is 9.73. The minimum atomic E-state index is -0.452. The summed E-state index contributed by atoms with van der Waals surface area (Å²) in [5.74, 6) is -0.344. The van der Waals surface area contributed by atoms with Crippen molar-refractivity contribution in [3.05, 3.63) is 55.3 Å². The summed E-state index contributed by atoms with van der Waals surface area (Å²) < 4.78 is 7.19. The molecule has 2 N–H and O–H groups in total. The molecule has 0 unspecified atom stereocenters. The third kappa shape index (κ3) is 5.29. The van der Waals surface area contributed by atoms with Crippen LogP contribution in [-0.4, -0.2) is 24.6 Å². The van der Waals surface area contributed by atoms with Gasteiger partial charge in [0.1, 0.15) is 5.76 Å². The first kappa shape index (κ1) is 17.9. The summed E-state index contributed by atoms with van der Waals surface area (Å²) in [6.07, 6.45) is 1.35. The van der Waals surface area contributed by atoms with E-state index in [1.807, 2.05) is 0 Å². The number of furan rings is 1. The predicted molar refractivity (Wildman–Crippen MR) is 96.3 cm³/mol. The van der Waals surface area contributed by atoms with Gasteiger partial charge in [-0.3, -0.25) is 9.59 Å². The van der Waals surface area contributed by atoms with E-state index < -0.39 is 5.91 Å². The lowest BCUT2D eigenvalue weighted by Crippen LogP contribution is -2.35. The molecular weight excluding hydrogens is 498 g/mol. The largest absolute Gasteiger partial charge is 0.447 e. The third-order valence-electron chi connectivity index (χ3n) is 2.57. The summed E-state index contributed by atoms with van der Waals surface area (Å²) in [4.78, 5) is 23.5. The molecule has 1 aromatic heterocycles. The number of hydrogen-bond acceptors (Lipinski definition) is 4. The highest BCUT2D eigenvalue weighted by Crippen LogP contribution is 2.25. The molecule has 2 amide bonds. The van der Waals surface area contributed by atoms with Crippen molar-refractivity contribution in [1.82, 2.24) is 10.7 Å². The third-order valence-corrected chi connectivity index (χ3v) is 4.97. The molecule has 0 aliphatic carbocycles. The second-order valence-electron chi connectivity index (χ2n) is 4.23. The van der Waals surface area contributed by atoms with E-state index in [2.05, 4.69) is 63.6 Å². The molecule has 1 heterocycles. The van der Waals surface area contributed by atoms with Gasteiger partial charge in [0.05, 0.1) is 22.8 Å². The zero-order valence-electron chi connectivity index (χ0n) is 11.5. The second kappa shape index (κ2) is 8.42. The van der Waals surface area contributed by atoms with Crippen LogP contribution in [0.1, 0.15) is 16.1 Å². The molecule has 0 fully saturated rings. The molecular formula is C14H10Br3N3O3. The predicted octanol–water partition coefficient (Wildman–Crippen LogP) is 3.45. The van der Waals surface area contributed by atoms with E-state index in [9.17, 15) is 9.59 Å². The number of carbonyl (C=O) groups excluding carboxylic acids is 2. The highest BCUT2D eigenvalue weighted by Gasteiger charge is 2.10. The van der Waals surface area contributed by atoms with Crippen LogP contribution >= 0.6 is 47.8 Å². The van der Waals surface area contributed by atoms with E-state index in [0.29, 0.717) is 20.5 Å². The Morgan fingerprint density at radius 1 is 1.17 bits per heavy atom. The van der Waals surface area contributed by atoms with Crippen LogP contribution in [0.4, 0.5) is 0 Å². The molecule has 0 atom stereocenters. The molecule has 0 bridgehead atoms. The van der Waals surface area contributed by atoms with Gasteiger partial charge in [-0.25, -0.2) is 5.43 Å². The van der Waals surface area contributed by atoms with Crippen LogP contribution in [0.15, 0.2) is 53.5 Å². The number of nitrogens with zero attached hydrogens (tertiary/aromatic N) is 1. The Morgan fingerprint density at radius 2 is 1.91 bits per heavy atom. The standard InChI is InChI=1S/C14H10Br3N3O3/c15-10-4-2-1-3-9(10)14(22)18-7-12(21)20-19-6-8-5-11(16)13(17)23-8/h1-6H,7H2,(H,18,22)(H,20,21). The Morgan fingerprint density at radius 3 is 2.57 bits per heavy atom. The van der Waals surface area contributed by atoms with E-state index in [1.165, 1.54) is 6.21 Å². The highest BCUT2D eigenvalue weighted by molar-refractivity contribution is 9.13. The smallest absolute Gasteiger partial charge is 0.259 e. The molecule has 1 aromatic carbocycles. The topological polar surface area (TPSA) is 83.7 Å². The molecule has 2 rings (SSSR count). The lowest BCUT2D eigenvalue weighted by molar-refractivity contribution is -0.120. The fourth-order valence-corrected chi connectivity index (χ4v) is 2.61. The van der Waals surface area contributed by atoms with Crippen LogP contribution in [-0.2, 0) is 4.79 Å². The molecule has 120 valence electrons. The van der Waals surface area contributed by atoms with Gasteiger partial charge in [-0.2, -0.15) is 5.10 Å². The Balaban J connectivity index is 1.81. The summed E-state index contributed by atoms with van der Waals surface area (Å²) in [5.41, 5.74) is 2.75. The van der Waals surface area contributed by atoms with Gasteiger partial charge in [0.15, 0.2) is 4.67 Å². The van der Waals surface area contributed by atoms with Crippen molar-refractivity contribution >= 4 is 65.8 Å². The summed E-state index contributed by atoms with van der Waals surface area (Å²) in [6, 6.07) is 8.63. The van der Waals surface area contributed by atoms with Crippen molar-refractivity contribution in [3.8, 4) is 0 Å². The lowest BCUT2D eigenvalue weighted by atomic mass is 10.2. The molecule has 0 radical (unpaired) electrons. The Kier molecular flexibility index (Phi) is 6.55. The van der Waals surface area contributed by atoms with Gasteiger partial charge < -0.3 is 9.73 Å². The highest BCUT2D eigenvalue weighted by atomic mass is 79.9. The van der Waals surface area contributed by atoms with Gasteiger partial charge in [0, 0.05) is 10.5 Å². The maximum atomic E-state index is 11.9. The Hall–Kier alpha value is -1.45. The normalized spacial score (nSPS) is 10.7. The molecule has 0 saturated heterocycles. The summed E-state index contributed by atoms with van der Waals surface area (Å²) in [5, 5.41) is 6.25. The zero-order valence-corrected chi connectivity index (χ0v) is 16.2. The van der Waals surface area contributed by atoms with Gasteiger partial charge in [-0.05, 0) is 59.9 Å². The van der Waals surface area contributed by atoms with E-state index in [1.54, 1.807) is 30.3 Å². The van der Waals surface area contributed by atoms with Crippen LogP contribution in [0.25, 0.3) is 0 Å². The van der Waals surface area contributed by atoms with Crippen molar-refractivity contribution in [2.45, 2.75) is 0 Å². The van der Waals surface area contributed by atoms with Crippen LogP contribution in [0.5, 0.6) is 0 Å². The van der Waals surface area contributed by atoms with Crippen LogP contribution in [0.3, 0.4) is 0 Å². The molecule has 9 heteroatoms. The fraction of sp³-hybridized carbons (Fsp3) is 0.0714. The molecule has 0 aliphatic rings. The summed E-state index contributed by atoms with van der Waals surface area (Å²) in [6.45, 7) is -0.191. The molecule has 0 saturated carbocycles. The van der Waals surface area contributed by atoms with Crippen molar-refractivity contribution < 1.29 is 14.0 Å². The van der Waals surface area contributed by atoms with Gasteiger partial charge in [-0.1, -0.05) is 12.1 Å². The van der Waals surface area contributed by atoms with E-state index in [0.717, 1.165) is 4.47 Å². The number of benzene rings is 1. The van der Waals surface area contributed by atoms with Crippen LogP contribution in [0.2, 0.25) is 0 Å². The first-order chi connectivity index (χ1) is 11.0. The van der Waals surface area contributed by atoms with Gasteiger partial charge in [0.2, 0.25) is 0 Å². The number of hydrazone groups is 1. The lowest BCUT2D eigenvalue weighted by Gasteiger charge is -2.05. The van der Waals surface area contributed by atoms with Gasteiger partial charge in [-0.15, -0.1) is 0 Å². The monoisotopic (exact) mass is 505 g/mol. The first-order valence-corrected chi connectivity index (χ1v) is 8.64. The average molecular weight is 508 g/mol. The van der Waals surface area contributed by atoms with Crippen molar-refractivity contribution in [2.75, 3.05) is 6.54 Å². The van der Waals surface area contributed by atoms with Gasteiger partial charge in [0.25, 0.3) is 11.8 Å². The average Bonchev–Trinajstić information content (AvgIpc) is 2.83. The number of amides is 2. The van der Waals surface area contributed by atoms with Crippen molar-refractivity contribution in [3.63, 3.8) is 0 Å². The van der Waals surface area contributed by atoms with Crippen LogP contribution < -0.4 is 10.7 Å². The second-order valence-corrected chi connectivity index (χ2v) is 6.66. The van der Waals surface area contributed by atoms with Crippen LogP contribution in [0, 0.1) is 0 Å². The quantitative estimate of drug-likeness (QED) is 0.480. The van der Waals surface area contributed by atoms with E-state index in [-0.39, 0.29) is 12.5 Å². The minimum absolute atomic E-state index is 0.191. The summed E-state index contributed by atoms with van der Waals surface area (Å²) in [7, 11) is 0. The van der Waals surface area contributed by atoms with E-state index in [4.69, 9.17) is 4.42 Å². The molecule has 2 aromatic rings. The number of halogens is 3. The zero-order chi connectivity index (χ0) is 16.8. The molecule has 23 heavy (non-hydrogen) atoms. The van der Waals surface area contributed by atoms with E-state index >= 15 is 0 Å². The molecule has 0 spiro atoms. The maximum Gasteiger partial charge on any atom is 0.259 e. The molecule has 0 aliphatic heterocycles.